The molecule has 0 aromatic heterocycles. The first kappa shape index (κ1) is 10.4. The van der Waals surface area contributed by atoms with Crippen molar-refractivity contribution in [2.75, 3.05) is 0 Å². The number of hydrogen-bond acceptors (Lipinski definition) is 4. The van der Waals surface area contributed by atoms with Gasteiger partial charge in [-0.15, -0.1) is 0 Å². The van der Waals surface area contributed by atoms with E-state index in [1.165, 1.54) is 0 Å². The van der Waals surface area contributed by atoms with Crippen LogP contribution in [0.4, 0.5) is 0 Å². The molecule has 1 aliphatic rings. The topological polar surface area (TPSA) is 76.0 Å². The van der Waals surface area contributed by atoms with Crippen molar-refractivity contribution in [2.45, 2.75) is 12.5 Å². The van der Waals surface area contributed by atoms with Crippen LogP contribution in [0.3, 0.4) is 0 Å². The SMILES string of the molecule is O=C(O)C[C@@H]1N=C(c2ccccc2)OC1=O. The Balaban J connectivity index is 2.20. The van der Waals surface area contributed by atoms with E-state index in [9.17, 15) is 9.59 Å². The maximum Gasteiger partial charge on any atom is 0.338 e. The molecule has 0 amide bonds. The molecule has 2 rings (SSSR count). The first-order chi connectivity index (χ1) is 7.66. The van der Waals surface area contributed by atoms with Gasteiger partial charge in [0.1, 0.15) is 0 Å². The summed E-state index contributed by atoms with van der Waals surface area (Å²) in [6, 6.07) is 7.97. The summed E-state index contributed by atoms with van der Waals surface area (Å²) >= 11 is 0. The standard InChI is InChI=1S/C11H9NO4/c13-9(14)6-8-11(15)16-10(12-8)7-4-2-1-3-5-7/h1-5,8H,6H2,(H,13,14)/t8-/m0/s1. The van der Waals surface area contributed by atoms with Crippen LogP contribution < -0.4 is 0 Å². The zero-order valence-corrected chi connectivity index (χ0v) is 8.29. The normalized spacial score (nSPS) is 19.1. The van der Waals surface area contributed by atoms with Crippen molar-refractivity contribution < 1.29 is 19.4 Å². The Morgan fingerprint density at radius 3 is 2.69 bits per heavy atom. The fraction of sp³-hybridized carbons (Fsp3) is 0.182. The van der Waals surface area contributed by atoms with Gasteiger partial charge < -0.3 is 9.84 Å². The lowest BCUT2D eigenvalue weighted by atomic mass is 10.2. The average Bonchev–Trinajstić information content (AvgIpc) is 2.61. The summed E-state index contributed by atoms with van der Waals surface area (Å²) in [7, 11) is 0. The van der Waals surface area contributed by atoms with Crippen LogP contribution in [0.2, 0.25) is 0 Å². The van der Waals surface area contributed by atoms with E-state index in [0.717, 1.165) is 0 Å². The second kappa shape index (κ2) is 4.14. The Bertz CT molecular complexity index is 452. The molecule has 1 aliphatic heterocycles. The molecule has 0 aliphatic carbocycles. The number of rotatable bonds is 3. The number of benzene rings is 1. The van der Waals surface area contributed by atoms with E-state index in [-0.39, 0.29) is 12.3 Å². The molecule has 0 bridgehead atoms. The number of nitrogens with zero attached hydrogens (tertiary/aromatic N) is 1. The van der Waals surface area contributed by atoms with Crippen molar-refractivity contribution in [1.29, 1.82) is 0 Å². The first-order valence-electron chi connectivity index (χ1n) is 4.73. The highest BCUT2D eigenvalue weighted by Gasteiger charge is 2.31. The van der Waals surface area contributed by atoms with Crippen LogP contribution in [-0.4, -0.2) is 29.0 Å². The molecule has 0 unspecified atom stereocenters. The molecule has 82 valence electrons. The number of cyclic esters (lactones) is 1. The maximum absolute atomic E-state index is 11.3. The van der Waals surface area contributed by atoms with Crippen LogP contribution in [0.25, 0.3) is 0 Å². The van der Waals surface area contributed by atoms with Crippen molar-refractivity contribution >= 4 is 17.8 Å². The molecule has 0 spiro atoms. The highest BCUT2D eigenvalue weighted by atomic mass is 16.6. The Kier molecular flexibility index (Phi) is 2.68. The summed E-state index contributed by atoms with van der Waals surface area (Å²) in [5, 5.41) is 8.57. The molecule has 1 atom stereocenters. The summed E-state index contributed by atoms with van der Waals surface area (Å²) in [6.45, 7) is 0. The summed E-state index contributed by atoms with van der Waals surface area (Å²) in [6.07, 6.45) is -0.338. The van der Waals surface area contributed by atoms with Gasteiger partial charge in [-0.1, -0.05) is 18.2 Å². The van der Waals surface area contributed by atoms with Crippen molar-refractivity contribution in [2.24, 2.45) is 4.99 Å². The molecule has 1 aromatic carbocycles. The van der Waals surface area contributed by atoms with Gasteiger partial charge >= 0.3 is 11.9 Å². The highest BCUT2D eigenvalue weighted by molar-refractivity contribution is 6.06. The number of esters is 1. The van der Waals surface area contributed by atoms with Crippen molar-refractivity contribution in [1.82, 2.24) is 0 Å². The molecule has 16 heavy (non-hydrogen) atoms. The molecule has 1 aromatic rings. The summed E-state index contributed by atoms with van der Waals surface area (Å²) < 4.78 is 4.91. The number of aliphatic carboxylic acids is 1. The van der Waals surface area contributed by atoms with Gasteiger partial charge in [-0.05, 0) is 12.1 Å². The fourth-order valence-corrected chi connectivity index (χ4v) is 1.39. The molecule has 0 saturated carbocycles. The molecule has 1 heterocycles. The predicted octanol–water partition coefficient (Wildman–Crippen LogP) is 0.833. The van der Waals surface area contributed by atoms with Crippen LogP contribution in [-0.2, 0) is 14.3 Å². The van der Waals surface area contributed by atoms with Crippen LogP contribution in [0.15, 0.2) is 35.3 Å². The van der Waals surface area contributed by atoms with Crippen molar-refractivity contribution in [3.05, 3.63) is 35.9 Å². The second-order valence-corrected chi connectivity index (χ2v) is 3.34. The van der Waals surface area contributed by atoms with E-state index in [4.69, 9.17) is 9.84 Å². The maximum atomic E-state index is 11.3. The molecule has 0 fully saturated rings. The second-order valence-electron chi connectivity index (χ2n) is 3.34. The van der Waals surface area contributed by atoms with Gasteiger partial charge in [0.25, 0.3) is 0 Å². The third kappa shape index (κ3) is 2.08. The van der Waals surface area contributed by atoms with Gasteiger partial charge in [0.05, 0.1) is 6.42 Å². The number of carboxylic acids is 1. The van der Waals surface area contributed by atoms with E-state index in [2.05, 4.69) is 4.99 Å². The van der Waals surface area contributed by atoms with Gasteiger partial charge in [0.15, 0.2) is 6.04 Å². The van der Waals surface area contributed by atoms with E-state index in [1.54, 1.807) is 24.3 Å². The van der Waals surface area contributed by atoms with Crippen LogP contribution in [0.5, 0.6) is 0 Å². The van der Waals surface area contributed by atoms with E-state index in [1.807, 2.05) is 6.07 Å². The monoisotopic (exact) mass is 219 g/mol. The highest BCUT2D eigenvalue weighted by Crippen LogP contribution is 2.15. The van der Waals surface area contributed by atoms with E-state index in [0.29, 0.717) is 5.56 Å². The molecule has 5 nitrogen and oxygen atoms in total. The lowest BCUT2D eigenvalue weighted by molar-refractivity contribution is -0.142. The molecule has 0 radical (unpaired) electrons. The Hall–Kier alpha value is -2.17. The minimum absolute atomic E-state index is 0.192. The Labute approximate surface area is 91.4 Å². The summed E-state index contributed by atoms with van der Waals surface area (Å²) in [5.74, 6) is -1.49. The largest absolute Gasteiger partial charge is 0.481 e. The van der Waals surface area contributed by atoms with Gasteiger partial charge in [0, 0.05) is 5.56 Å². The van der Waals surface area contributed by atoms with E-state index < -0.39 is 18.0 Å². The van der Waals surface area contributed by atoms with Crippen molar-refractivity contribution in [3.63, 3.8) is 0 Å². The average molecular weight is 219 g/mol. The fourth-order valence-electron chi connectivity index (χ4n) is 1.39. The predicted molar refractivity (Wildman–Crippen MR) is 55.1 cm³/mol. The quantitative estimate of drug-likeness (QED) is 0.764. The molecule has 1 N–H and O–H groups in total. The van der Waals surface area contributed by atoms with Gasteiger partial charge in [-0.2, -0.15) is 0 Å². The number of carboxylic acid groups (broad SMARTS) is 1. The lowest BCUT2D eigenvalue weighted by Gasteiger charge is -1.98. The first-order valence-corrected chi connectivity index (χ1v) is 4.73. The van der Waals surface area contributed by atoms with Crippen LogP contribution in [0.1, 0.15) is 12.0 Å². The number of ether oxygens (including phenoxy) is 1. The third-order valence-electron chi connectivity index (χ3n) is 2.13. The molecule has 5 heteroatoms. The summed E-state index contributed by atoms with van der Waals surface area (Å²) in [5.41, 5.74) is 0.670. The smallest absolute Gasteiger partial charge is 0.338 e. The van der Waals surface area contributed by atoms with Gasteiger partial charge in [0.2, 0.25) is 5.90 Å². The summed E-state index contributed by atoms with van der Waals surface area (Å²) in [4.78, 5) is 25.7. The number of aliphatic imine (C=N–C) groups is 1. The third-order valence-corrected chi connectivity index (χ3v) is 2.13. The van der Waals surface area contributed by atoms with Crippen LogP contribution in [0, 0.1) is 0 Å². The minimum Gasteiger partial charge on any atom is -0.481 e. The van der Waals surface area contributed by atoms with Gasteiger partial charge in [-0.3, -0.25) is 4.79 Å². The Morgan fingerprint density at radius 2 is 2.06 bits per heavy atom. The number of hydrogen-bond donors (Lipinski definition) is 1. The zero-order chi connectivity index (χ0) is 11.5. The van der Waals surface area contributed by atoms with Crippen LogP contribution >= 0.6 is 0 Å². The molecule has 0 saturated heterocycles. The molecular weight excluding hydrogens is 210 g/mol. The van der Waals surface area contributed by atoms with Gasteiger partial charge in [-0.25, -0.2) is 9.79 Å². The number of carbonyl (C=O) groups is 2. The van der Waals surface area contributed by atoms with E-state index >= 15 is 0 Å². The zero-order valence-electron chi connectivity index (χ0n) is 8.29. The number of carbonyl (C=O) groups excluding carboxylic acids is 1. The lowest BCUT2D eigenvalue weighted by Crippen LogP contribution is -2.18. The van der Waals surface area contributed by atoms with Crippen molar-refractivity contribution in [3.8, 4) is 0 Å². The Morgan fingerprint density at radius 1 is 1.38 bits per heavy atom. The molecular formula is C11H9NO4. The minimum atomic E-state index is -1.07.